The van der Waals surface area contributed by atoms with Crippen molar-refractivity contribution in [3.8, 4) is 16.9 Å². The van der Waals surface area contributed by atoms with E-state index >= 15 is 0 Å². The number of carbonyl (C=O) groups is 2. The van der Waals surface area contributed by atoms with Gasteiger partial charge in [-0.15, -0.1) is 0 Å². The Labute approximate surface area is 200 Å². The fraction of sp³-hybridized carbons (Fsp3) is 0.346. The van der Waals surface area contributed by atoms with Gasteiger partial charge in [0.25, 0.3) is 5.91 Å². The number of fused-ring (bicyclic) bond motifs is 1. The van der Waals surface area contributed by atoms with E-state index in [0.717, 1.165) is 17.3 Å². The van der Waals surface area contributed by atoms with E-state index in [0.29, 0.717) is 42.8 Å². The third-order valence-electron chi connectivity index (χ3n) is 7.01. The van der Waals surface area contributed by atoms with Gasteiger partial charge in [-0.05, 0) is 54.8 Å². The van der Waals surface area contributed by atoms with Gasteiger partial charge in [0.15, 0.2) is 5.78 Å². The van der Waals surface area contributed by atoms with Gasteiger partial charge >= 0.3 is 6.18 Å². The summed E-state index contributed by atoms with van der Waals surface area (Å²) in [5.74, 6) is 0.368. The third kappa shape index (κ3) is 4.19. The number of ketones is 1. The zero-order valence-corrected chi connectivity index (χ0v) is 19.3. The molecule has 0 aliphatic carbocycles. The molecule has 6 nitrogen and oxygen atoms in total. The van der Waals surface area contributed by atoms with Crippen LogP contribution in [-0.2, 0) is 6.18 Å². The molecule has 0 atom stereocenters. The summed E-state index contributed by atoms with van der Waals surface area (Å²) >= 11 is 0. The first kappa shape index (κ1) is 23.1. The second-order valence-electron chi connectivity index (χ2n) is 9.35. The van der Waals surface area contributed by atoms with E-state index in [-0.39, 0.29) is 29.2 Å². The maximum absolute atomic E-state index is 13.3. The molecule has 1 saturated heterocycles. The molecule has 0 bridgehead atoms. The number of nitrogens with one attached hydrogen (secondary N) is 1. The molecule has 3 heterocycles. The first-order valence-electron chi connectivity index (χ1n) is 11.4. The van der Waals surface area contributed by atoms with Gasteiger partial charge < -0.3 is 9.64 Å². The molecule has 1 amide bonds. The summed E-state index contributed by atoms with van der Waals surface area (Å²) in [7, 11) is 0. The van der Waals surface area contributed by atoms with E-state index in [1.165, 1.54) is 12.1 Å². The molecular formula is C26H24F3N3O3. The van der Waals surface area contributed by atoms with Crippen LogP contribution in [0, 0.1) is 13.8 Å². The lowest BCUT2D eigenvalue weighted by atomic mass is 9.81. The first-order chi connectivity index (χ1) is 16.6. The van der Waals surface area contributed by atoms with Gasteiger partial charge in [-0.3, -0.25) is 14.7 Å². The molecular weight excluding hydrogens is 459 g/mol. The number of alkyl halides is 3. The number of rotatable bonds is 2. The van der Waals surface area contributed by atoms with Gasteiger partial charge in [0, 0.05) is 37.1 Å². The van der Waals surface area contributed by atoms with Crippen LogP contribution in [0.25, 0.3) is 11.1 Å². The fourth-order valence-corrected chi connectivity index (χ4v) is 4.87. The van der Waals surface area contributed by atoms with Gasteiger partial charge in [-0.2, -0.15) is 18.3 Å². The number of halogens is 3. The van der Waals surface area contributed by atoms with Crippen LogP contribution in [0.3, 0.4) is 0 Å². The van der Waals surface area contributed by atoms with Crippen molar-refractivity contribution in [2.75, 3.05) is 13.1 Å². The number of likely N-dealkylation sites (tertiary alicyclic amines) is 1. The molecule has 0 unspecified atom stereocenters. The van der Waals surface area contributed by atoms with Gasteiger partial charge in [0.05, 0.1) is 18.2 Å². The van der Waals surface area contributed by atoms with Crippen LogP contribution in [0.2, 0.25) is 0 Å². The lowest BCUT2D eigenvalue weighted by Crippen LogP contribution is -2.52. The summed E-state index contributed by atoms with van der Waals surface area (Å²) in [6.07, 6.45) is -2.22. The maximum atomic E-state index is 13.3. The average molecular weight is 483 g/mol. The van der Waals surface area contributed by atoms with Crippen LogP contribution in [0.1, 0.15) is 56.8 Å². The van der Waals surface area contributed by atoms with Gasteiger partial charge in [0.2, 0.25) is 0 Å². The molecule has 9 heteroatoms. The minimum absolute atomic E-state index is 0.0439. The van der Waals surface area contributed by atoms with Crippen molar-refractivity contribution in [3.63, 3.8) is 0 Å². The Morgan fingerprint density at radius 3 is 2.51 bits per heavy atom. The second-order valence-corrected chi connectivity index (χ2v) is 9.35. The van der Waals surface area contributed by atoms with Gasteiger partial charge in [0.1, 0.15) is 17.0 Å². The summed E-state index contributed by atoms with van der Waals surface area (Å²) in [5, 5.41) is 5.52. The zero-order chi connectivity index (χ0) is 25.0. The van der Waals surface area contributed by atoms with Crippen LogP contribution < -0.4 is 4.74 Å². The number of carbonyl (C=O) groups excluding carboxylic acids is 2. The van der Waals surface area contributed by atoms with Crippen molar-refractivity contribution >= 4 is 11.7 Å². The second kappa shape index (κ2) is 8.25. The third-order valence-corrected chi connectivity index (χ3v) is 7.01. The minimum atomic E-state index is -4.58. The average Bonchev–Trinajstić information content (AvgIpc) is 3.32. The zero-order valence-electron chi connectivity index (χ0n) is 19.3. The van der Waals surface area contributed by atoms with E-state index in [4.69, 9.17) is 4.74 Å². The minimum Gasteiger partial charge on any atom is -0.486 e. The van der Waals surface area contributed by atoms with Crippen molar-refractivity contribution in [3.05, 3.63) is 70.5 Å². The number of Topliss-reactive ketones (excluding diaryl/α,β-unsaturated/α-hetero) is 1. The Morgan fingerprint density at radius 1 is 1.09 bits per heavy atom. The standard InChI is InChI=1S/C26H24F3N3O3/c1-15-10-19-21(33)13-25(35-22(19)11-16(15)2)6-8-32(9-7-25)24(34)18-5-3-4-17(12-18)20-14-30-31-23(20)26(27,28)29/h3-5,10-12,14H,6-9,13H2,1-2H3,(H,30,31). The Hall–Kier alpha value is -3.62. The van der Waals surface area contributed by atoms with Crippen molar-refractivity contribution in [1.82, 2.24) is 15.1 Å². The summed E-state index contributed by atoms with van der Waals surface area (Å²) in [4.78, 5) is 27.7. The van der Waals surface area contributed by atoms with Gasteiger partial charge in [-0.25, -0.2) is 0 Å². The predicted octanol–water partition coefficient (Wildman–Crippen LogP) is 5.35. The number of aromatic amines is 1. The number of amides is 1. The largest absolute Gasteiger partial charge is 0.486 e. The van der Waals surface area contributed by atoms with Crippen molar-refractivity contribution in [2.45, 2.75) is 44.9 Å². The summed E-state index contributed by atoms with van der Waals surface area (Å²) in [5.41, 5.74) is 1.53. The van der Waals surface area contributed by atoms with Crippen molar-refractivity contribution < 1.29 is 27.5 Å². The lowest BCUT2D eigenvalue weighted by Gasteiger charge is -2.44. The Bertz CT molecular complexity index is 1320. The van der Waals surface area contributed by atoms with E-state index in [1.54, 1.807) is 17.0 Å². The summed E-state index contributed by atoms with van der Waals surface area (Å²) < 4.78 is 46.2. The SMILES string of the molecule is Cc1cc2c(cc1C)C(=O)CC1(CCN(C(=O)c3cccc(-c4cn[nH]c4C(F)(F)F)c3)CC1)O2. The summed E-state index contributed by atoms with van der Waals surface area (Å²) in [6, 6.07) is 9.89. The van der Waals surface area contributed by atoms with Crippen LogP contribution >= 0.6 is 0 Å². The molecule has 1 spiro atoms. The fourth-order valence-electron chi connectivity index (χ4n) is 4.87. The van der Waals surface area contributed by atoms with Crippen molar-refractivity contribution in [1.29, 1.82) is 0 Å². The molecule has 1 N–H and O–H groups in total. The first-order valence-corrected chi connectivity index (χ1v) is 11.4. The quantitative estimate of drug-likeness (QED) is 0.533. The predicted molar refractivity (Wildman–Crippen MR) is 122 cm³/mol. The van der Waals surface area contributed by atoms with Crippen LogP contribution in [-0.4, -0.2) is 45.5 Å². The number of H-pyrrole nitrogens is 1. The number of nitrogens with zero attached hydrogens (tertiary/aromatic N) is 2. The number of benzene rings is 2. The highest BCUT2D eigenvalue weighted by molar-refractivity contribution is 6.01. The normalized spacial score (nSPS) is 17.3. The Morgan fingerprint density at radius 2 is 1.80 bits per heavy atom. The molecule has 2 aliphatic rings. The highest BCUT2D eigenvalue weighted by Gasteiger charge is 2.44. The monoisotopic (exact) mass is 483 g/mol. The highest BCUT2D eigenvalue weighted by atomic mass is 19.4. The molecule has 0 saturated carbocycles. The van der Waals surface area contributed by atoms with E-state index in [2.05, 4.69) is 5.10 Å². The molecule has 35 heavy (non-hydrogen) atoms. The number of hydrogen-bond donors (Lipinski definition) is 1. The molecule has 3 aromatic rings. The van der Waals surface area contributed by atoms with Crippen LogP contribution in [0.4, 0.5) is 13.2 Å². The van der Waals surface area contributed by atoms with E-state index in [9.17, 15) is 22.8 Å². The highest BCUT2D eigenvalue weighted by Crippen LogP contribution is 2.41. The smallest absolute Gasteiger partial charge is 0.433 e. The number of piperidine rings is 1. The number of aromatic nitrogens is 2. The molecule has 0 radical (unpaired) electrons. The lowest BCUT2D eigenvalue weighted by molar-refractivity contribution is -0.140. The number of aryl methyl sites for hydroxylation is 2. The number of hydrogen-bond acceptors (Lipinski definition) is 4. The van der Waals surface area contributed by atoms with Crippen LogP contribution in [0.15, 0.2) is 42.6 Å². The topological polar surface area (TPSA) is 75.3 Å². The molecule has 1 aromatic heterocycles. The Kier molecular flexibility index (Phi) is 5.45. The van der Waals surface area contributed by atoms with Crippen molar-refractivity contribution in [2.24, 2.45) is 0 Å². The number of ether oxygens (including phenoxy) is 1. The maximum Gasteiger partial charge on any atom is 0.433 e. The van der Waals surface area contributed by atoms with Crippen LogP contribution in [0.5, 0.6) is 5.75 Å². The molecule has 182 valence electrons. The summed E-state index contributed by atoms with van der Waals surface area (Å²) in [6.45, 7) is 4.70. The Balaban J connectivity index is 1.32. The molecule has 1 fully saturated rings. The molecule has 2 aliphatic heterocycles. The molecule has 2 aromatic carbocycles. The van der Waals surface area contributed by atoms with E-state index < -0.39 is 17.5 Å². The molecule has 5 rings (SSSR count). The van der Waals surface area contributed by atoms with E-state index in [1.807, 2.05) is 31.1 Å². The van der Waals surface area contributed by atoms with Gasteiger partial charge in [-0.1, -0.05) is 12.1 Å².